The van der Waals surface area contributed by atoms with Crippen LogP contribution in [0.5, 0.6) is 11.5 Å². The molecule has 8 aliphatic rings. The maximum absolute atomic E-state index is 10.0. The fourth-order valence-corrected chi connectivity index (χ4v) is 11.1. The van der Waals surface area contributed by atoms with Crippen molar-refractivity contribution in [3.05, 3.63) is 58.7 Å². The first-order chi connectivity index (χ1) is 26.0. The van der Waals surface area contributed by atoms with E-state index in [0.29, 0.717) is 35.4 Å². The minimum atomic E-state index is -2.27. The van der Waals surface area contributed by atoms with Gasteiger partial charge in [-0.2, -0.15) is 0 Å². The van der Waals surface area contributed by atoms with Crippen LogP contribution in [0.25, 0.3) is 0 Å². The van der Waals surface area contributed by atoms with Gasteiger partial charge in [0, 0.05) is 49.2 Å². The Morgan fingerprint density at radius 1 is 0.667 bits per heavy atom. The summed E-state index contributed by atoms with van der Waals surface area (Å²) in [4.78, 5) is 25.1. The molecule has 4 saturated heterocycles. The number of nitrogens with zero attached hydrogens (tertiary/aromatic N) is 2. The highest BCUT2D eigenvalue weighted by Gasteiger charge is 2.56. The fourth-order valence-electron chi connectivity index (χ4n) is 11.1. The van der Waals surface area contributed by atoms with Crippen molar-refractivity contribution in [1.82, 2.24) is 9.80 Å². The van der Waals surface area contributed by atoms with Crippen molar-refractivity contribution in [3.8, 4) is 11.5 Å². The Balaban J connectivity index is 0.000000124. The number of phenolic OH excluding ortho intramolecular Hbond substituents is 2. The van der Waals surface area contributed by atoms with Gasteiger partial charge in [0.1, 0.15) is 11.5 Å². The van der Waals surface area contributed by atoms with E-state index < -0.39 is 24.1 Å². The zero-order valence-corrected chi connectivity index (χ0v) is 31.0. The van der Waals surface area contributed by atoms with Crippen molar-refractivity contribution in [2.75, 3.05) is 52.6 Å². The number of likely N-dealkylation sites (tertiary alicyclic amines) is 2. The molecule has 2 aromatic rings. The number of aromatic hydroxyl groups is 2. The second-order valence-electron chi connectivity index (χ2n) is 17.4. The molecule has 0 spiro atoms. The largest absolute Gasteiger partial charge is 0.508 e. The van der Waals surface area contributed by atoms with E-state index in [4.69, 9.17) is 29.9 Å². The van der Waals surface area contributed by atoms with Crippen LogP contribution in [-0.2, 0) is 42.7 Å². The molecule has 2 saturated carbocycles. The highest BCUT2D eigenvalue weighted by Crippen LogP contribution is 2.55. The van der Waals surface area contributed by atoms with Crippen molar-refractivity contribution in [2.24, 2.45) is 23.7 Å². The Hall–Kier alpha value is -3.26. The monoisotopic (exact) mass is 748 g/mol. The zero-order chi connectivity index (χ0) is 37.8. The number of carboxylic acids is 2. The predicted molar refractivity (Wildman–Crippen MR) is 198 cm³/mol. The number of carboxylic acid groups (broad SMARTS) is 2. The summed E-state index contributed by atoms with van der Waals surface area (Å²) in [7, 11) is 0. The molecule has 0 aromatic heterocycles. The van der Waals surface area contributed by atoms with Crippen LogP contribution in [0, 0.1) is 23.7 Å². The molecule has 4 heterocycles. The number of ether oxygens (including phenoxy) is 2. The third-order valence-electron chi connectivity index (χ3n) is 14.1. The fraction of sp³-hybridized carbons (Fsp3) is 0.667. The first kappa shape index (κ1) is 37.7. The Bertz CT molecular complexity index is 1590. The van der Waals surface area contributed by atoms with Crippen molar-refractivity contribution in [2.45, 2.75) is 99.3 Å². The Morgan fingerprint density at radius 2 is 1.07 bits per heavy atom. The molecule has 4 aliphatic heterocycles. The van der Waals surface area contributed by atoms with Crippen LogP contribution in [0.4, 0.5) is 0 Å². The Morgan fingerprint density at radius 3 is 1.44 bits per heavy atom. The topological polar surface area (TPSA) is 180 Å². The number of carbonyl (C=O) groups is 2. The maximum Gasteiger partial charge on any atom is 0.335 e. The number of fused-ring (bicyclic) bond motifs is 2. The van der Waals surface area contributed by atoms with Gasteiger partial charge < -0.3 is 40.1 Å². The molecule has 12 nitrogen and oxygen atoms in total. The average Bonchev–Trinajstić information content (AvgIpc) is 4.12. The van der Waals surface area contributed by atoms with Crippen LogP contribution in [0.15, 0.2) is 36.4 Å². The van der Waals surface area contributed by atoms with Crippen LogP contribution in [0.1, 0.15) is 73.6 Å². The summed E-state index contributed by atoms with van der Waals surface area (Å²) in [5.41, 5.74) is 6.00. The molecule has 4 bridgehead atoms. The molecule has 2 unspecified atom stereocenters. The highest BCUT2D eigenvalue weighted by molar-refractivity contribution is 5.83. The molecule has 0 radical (unpaired) electrons. The molecular weight excluding hydrogens is 692 g/mol. The number of hydrogen-bond acceptors (Lipinski definition) is 10. The number of aliphatic hydroxyl groups is 2. The van der Waals surface area contributed by atoms with Gasteiger partial charge in [0.25, 0.3) is 0 Å². The van der Waals surface area contributed by atoms with Gasteiger partial charge in [0.2, 0.25) is 0 Å². The lowest BCUT2D eigenvalue weighted by Crippen LogP contribution is -2.63. The number of aliphatic carboxylic acids is 2. The van der Waals surface area contributed by atoms with Gasteiger partial charge in [-0.3, -0.25) is 9.80 Å². The molecular formula is C42H56N2O10. The minimum absolute atomic E-state index is 0.162. The van der Waals surface area contributed by atoms with E-state index in [9.17, 15) is 19.8 Å². The summed E-state index contributed by atoms with van der Waals surface area (Å²) in [5, 5.41) is 52.5. The number of aliphatic hydroxyl groups excluding tert-OH is 2. The summed E-state index contributed by atoms with van der Waals surface area (Å²) in [6.07, 6.45) is 8.29. The zero-order valence-electron chi connectivity index (χ0n) is 31.0. The summed E-state index contributed by atoms with van der Waals surface area (Å²) in [6.45, 7) is 8.55. The van der Waals surface area contributed by atoms with Gasteiger partial charge in [-0.1, -0.05) is 12.1 Å². The molecule has 0 amide bonds. The lowest BCUT2D eigenvalue weighted by molar-refractivity contribution is -0.165. The van der Waals surface area contributed by atoms with Gasteiger partial charge in [0.05, 0.1) is 13.2 Å². The summed E-state index contributed by atoms with van der Waals surface area (Å²) >= 11 is 0. The number of piperidine rings is 2. The molecule has 294 valence electrons. The standard InChI is InChI=1S/2C19H25NO2.C4H6O6/c2*21-15-4-3-14-9-18-16-5-8-22-12-19(16,17(14)10-15)6-7-20(18)11-13-1-2-13;5-1(3(7)8)2(6)4(9)10/h2*3-4,10,13,16,18,21H,1-2,5-9,11-12H2;1-2,5-6H,(H,7,8)(H,9,10)/t2*16-,18+,19-;/m00./s1. The normalized spacial score (nSPS) is 33.4. The smallest absolute Gasteiger partial charge is 0.335 e. The molecule has 54 heavy (non-hydrogen) atoms. The van der Waals surface area contributed by atoms with E-state index in [1.54, 1.807) is 0 Å². The quantitative estimate of drug-likeness (QED) is 0.244. The second kappa shape index (κ2) is 15.0. The lowest BCUT2D eigenvalue weighted by Gasteiger charge is -2.58. The summed E-state index contributed by atoms with van der Waals surface area (Å²) in [5.74, 6) is 0.644. The van der Waals surface area contributed by atoms with Gasteiger partial charge in [0.15, 0.2) is 12.2 Å². The van der Waals surface area contributed by atoms with Gasteiger partial charge in [-0.05, 0) is 147 Å². The molecule has 6 N–H and O–H groups in total. The van der Waals surface area contributed by atoms with E-state index in [0.717, 1.165) is 51.1 Å². The maximum atomic E-state index is 10.0. The lowest BCUT2D eigenvalue weighted by atomic mass is 9.56. The number of hydrogen-bond donors (Lipinski definition) is 6. The van der Waals surface area contributed by atoms with Crippen molar-refractivity contribution in [1.29, 1.82) is 0 Å². The van der Waals surface area contributed by atoms with E-state index in [2.05, 4.69) is 21.9 Å². The van der Waals surface area contributed by atoms with Gasteiger partial charge in [-0.25, -0.2) is 9.59 Å². The third-order valence-corrected chi connectivity index (χ3v) is 14.1. The molecule has 12 heteroatoms. The molecule has 4 aliphatic carbocycles. The molecule has 6 fully saturated rings. The average molecular weight is 749 g/mol. The van der Waals surface area contributed by atoms with Crippen LogP contribution in [0.2, 0.25) is 0 Å². The summed E-state index contributed by atoms with van der Waals surface area (Å²) in [6, 6.07) is 13.5. The Kier molecular flexibility index (Phi) is 10.5. The van der Waals surface area contributed by atoms with E-state index in [-0.39, 0.29) is 10.8 Å². The van der Waals surface area contributed by atoms with Crippen molar-refractivity contribution < 1.29 is 49.7 Å². The first-order valence-corrected chi connectivity index (χ1v) is 20.1. The predicted octanol–water partition coefficient (Wildman–Crippen LogP) is 3.29. The molecule has 10 rings (SSSR count). The number of phenols is 2. The van der Waals surface area contributed by atoms with E-state index in [1.807, 2.05) is 24.3 Å². The van der Waals surface area contributed by atoms with Crippen LogP contribution in [-0.4, -0.2) is 129 Å². The van der Waals surface area contributed by atoms with E-state index >= 15 is 0 Å². The van der Waals surface area contributed by atoms with Crippen molar-refractivity contribution in [3.63, 3.8) is 0 Å². The molecule has 2 aromatic carbocycles. The van der Waals surface area contributed by atoms with Crippen LogP contribution >= 0.6 is 0 Å². The number of rotatable bonds is 7. The Labute approximate surface area is 316 Å². The van der Waals surface area contributed by atoms with Gasteiger partial charge >= 0.3 is 11.9 Å². The van der Waals surface area contributed by atoms with Gasteiger partial charge in [-0.15, -0.1) is 0 Å². The highest BCUT2D eigenvalue weighted by atomic mass is 16.5. The summed E-state index contributed by atoms with van der Waals surface area (Å²) < 4.78 is 11.9. The molecule has 8 atom stereocenters. The minimum Gasteiger partial charge on any atom is -0.508 e. The second-order valence-corrected chi connectivity index (χ2v) is 17.4. The first-order valence-electron chi connectivity index (χ1n) is 20.1. The number of benzene rings is 2. The van der Waals surface area contributed by atoms with Crippen LogP contribution in [0.3, 0.4) is 0 Å². The van der Waals surface area contributed by atoms with Crippen molar-refractivity contribution >= 4 is 11.9 Å². The SMILES string of the molecule is O=C(O)C(O)C(O)C(=O)O.Oc1ccc2c(c1)[C@]13CCN(CC4CC4)[C@H](C2)[C@@H]1CCOC3.Oc1ccc2c(c1)[C@]13CCN(CC4CC4)[C@H](C2)[C@@H]1CCOC3. The third kappa shape index (κ3) is 7.14. The van der Waals surface area contributed by atoms with E-state index in [1.165, 1.54) is 99.8 Å². The van der Waals surface area contributed by atoms with Crippen LogP contribution < -0.4 is 0 Å².